The molecule has 0 saturated carbocycles. The van der Waals surface area contributed by atoms with Crippen LogP contribution in [0.1, 0.15) is 39.2 Å². The van der Waals surface area contributed by atoms with Crippen LogP contribution in [0.4, 0.5) is 5.69 Å². The van der Waals surface area contributed by atoms with Crippen LogP contribution in [0.25, 0.3) is 5.57 Å². The van der Waals surface area contributed by atoms with Gasteiger partial charge < -0.3 is 25.7 Å². The van der Waals surface area contributed by atoms with Gasteiger partial charge in [0.25, 0.3) is 5.91 Å². The summed E-state index contributed by atoms with van der Waals surface area (Å²) in [4.78, 5) is 11.7. The fourth-order valence-electron chi connectivity index (χ4n) is 2.70. The first-order valence-electron chi connectivity index (χ1n) is 9.43. The lowest BCUT2D eigenvalue weighted by molar-refractivity contribution is -0.114. The van der Waals surface area contributed by atoms with Gasteiger partial charge in [0.2, 0.25) is 0 Å². The average molecular weight is 423 g/mol. The third-order valence-electron chi connectivity index (χ3n) is 4.45. The van der Waals surface area contributed by atoms with E-state index >= 15 is 0 Å². The van der Waals surface area contributed by atoms with Crippen LogP contribution in [-0.2, 0) is 14.3 Å². The minimum absolute atomic E-state index is 0.289. The molecule has 29 heavy (non-hydrogen) atoms. The molecule has 0 aromatic heterocycles. The number of carbonyl (C=O) groups is 1. The van der Waals surface area contributed by atoms with Crippen molar-refractivity contribution in [2.75, 3.05) is 33.2 Å². The first-order valence-corrected chi connectivity index (χ1v) is 9.81. The van der Waals surface area contributed by atoms with E-state index in [1.165, 1.54) is 7.11 Å². The Hall–Kier alpha value is -2.44. The number of rotatable bonds is 11. The maximum Gasteiger partial charge on any atom is 0.252 e. The van der Waals surface area contributed by atoms with Crippen LogP contribution in [-0.4, -0.2) is 33.3 Å². The molecule has 1 amide bonds. The maximum atomic E-state index is 11.7. The fraction of sp³-hybridized carbons (Fsp3) is 0.409. The lowest BCUT2D eigenvalue weighted by Crippen LogP contribution is -2.16. The third-order valence-corrected chi connectivity index (χ3v) is 4.75. The molecule has 0 heterocycles. The van der Waals surface area contributed by atoms with Gasteiger partial charge in [0.05, 0.1) is 24.3 Å². The largest absolute Gasteiger partial charge is 0.496 e. The van der Waals surface area contributed by atoms with Gasteiger partial charge in [0.1, 0.15) is 11.5 Å². The topological polar surface area (TPSA) is 96.8 Å². The molecule has 0 aliphatic rings. The number of halogens is 1. The third kappa shape index (κ3) is 6.84. The van der Waals surface area contributed by atoms with Crippen molar-refractivity contribution >= 4 is 28.8 Å². The second-order valence-electron chi connectivity index (χ2n) is 6.39. The van der Waals surface area contributed by atoms with Crippen molar-refractivity contribution in [1.82, 2.24) is 0 Å². The van der Waals surface area contributed by atoms with Crippen LogP contribution in [0.2, 0.25) is 5.02 Å². The molecular weight excluding hydrogens is 392 g/mol. The summed E-state index contributed by atoms with van der Waals surface area (Å²) in [5.74, 6) is 0.304. The number of hydrogen-bond acceptors (Lipinski definition) is 5. The molecule has 4 N–H and O–H groups in total. The van der Waals surface area contributed by atoms with Gasteiger partial charge in [-0.2, -0.15) is 0 Å². The van der Waals surface area contributed by atoms with Gasteiger partial charge in [-0.3, -0.25) is 4.79 Å². The van der Waals surface area contributed by atoms with Gasteiger partial charge >= 0.3 is 0 Å². The molecule has 0 radical (unpaired) electrons. The van der Waals surface area contributed by atoms with E-state index in [0.29, 0.717) is 35.4 Å². The first kappa shape index (κ1) is 24.6. The molecular formula is C22H31ClN2O4. The highest BCUT2D eigenvalue weighted by atomic mass is 35.5. The number of methoxy groups -OCH3 is 2. The molecule has 0 bridgehead atoms. The Morgan fingerprint density at radius 3 is 2.45 bits per heavy atom. The number of nitrogen functional groups attached to an aromatic ring is 1. The van der Waals surface area contributed by atoms with Crippen molar-refractivity contribution < 1.29 is 19.0 Å². The quantitative estimate of drug-likeness (QED) is 0.180. The van der Waals surface area contributed by atoms with Gasteiger partial charge in [0, 0.05) is 37.5 Å². The number of amides is 1. The Labute approximate surface area is 178 Å². The lowest BCUT2D eigenvalue weighted by Gasteiger charge is -2.16. The standard InChI is InChI=1S/C22H31ClN2O4/c1-6-14(3)16(12-20(28-5)15(7-2)22(25)26)17-11-18(23)21(13-19(17)24)29-10-8-9-27-4/h7,11-13H,6,8-10,24H2,1-5H3,(H2,25,26)/b15-7+,16-14+,20-12+. The summed E-state index contributed by atoms with van der Waals surface area (Å²) >= 11 is 6.44. The van der Waals surface area contributed by atoms with Gasteiger partial charge in [0.15, 0.2) is 0 Å². The molecule has 0 saturated heterocycles. The van der Waals surface area contributed by atoms with Gasteiger partial charge in [-0.05, 0) is 38.0 Å². The van der Waals surface area contributed by atoms with Crippen LogP contribution in [0.5, 0.6) is 5.75 Å². The van der Waals surface area contributed by atoms with Crippen molar-refractivity contribution in [3.63, 3.8) is 0 Å². The van der Waals surface area contributed by atoms with Crippen LogP contribution in [0, 0.1) is 0 Å². The SMILES string of the molecule is C\C=C(C(N)=O)/C(=C\C(=C(\C)CC)c1cc(Cl)c(OCCCOC)cc1N)OC. The number of ether oxygens (including phenoxy) is 3. The van der Waals surface area contributed by atoms with E-state index in [4.69, 9.17) is 37.3 Å². The molecule has 0 unspecified atom stereocenters. The molecule has 1 aromatic rings. The monoisotopic (exact) mass is 422 g/mol. The van der Waals surface area contributed by atoms with Crippen LogP contribution < -0.4 is 16.2 Å². The van der Waals surface area contributed by atoms with Crippen LogP contribution >= 0.6 is 11.6 Å². The highest BCUT2D eigenvalue weighted by molar-refractivity contribution is 6.32. The zero-order chi connectivity index (χ0) is 22.0. The van der Waals surface area contributed by atoms with Crippen molar-refractivity contribution in [1.29, 1.82) is 0 Å². The molecule has 1 rings (SSSR count). The van der Waals surface area contributed by atoms with Gasteiger partial charge in [-0.1, -0.05) is 30.2 Å². The second-order valence-corrected chi connectivity index (χ2v) is 6.80. The predicted octanol–water partition coefficient (Wildman–Crippen LogP) is 4.48. The zero-order valence-corrected chi connectivity index (χ0v) is 18.6. The minimum Gasteiger partial charge on any atom is -0.496 e. The van der Waals surface area contributed by atoms with Crippen molar-refractivity contribution in [3.8, 4) is 5.75 Å². The van der Waals surface area contributed by atoms with Gasteiger partial charge in [-0.15, -0.1) is 0 Å². The Bertz CT molecular complexity index is 813. The Morgan fingerprint density at radius 1 is 1.24 bits per heavy atom. The van der Waals surface area contributed by atoms with Crippen molar-refractivity contribution in [2.45, 2.75) is 33.6 Å². The highest BCUT2D eigenvalue weighted by Crippen LogP contribution is 2.36. The summed E-state index contributed by atoms with van der Waals surface area (Å²) in [5, 5.41) is 0.446. The normalized spacial score (nSPS) is 13.2. The molecule has 7 heteroatoms. The summed E-state index contributed by atoms with van der Waals surface area (Å²) in [6, 6.07) is 3.47. The number of carbonyl (C=O) groups excluding carboxylic acids is 1. The summed E-state index contributed by atoms with van der Waals surface area (Å²) in [6.07, 6.45) is 4.90. The van der Waals surface area contributed by atoms with E-state index in [9.17, 15) is 4.79 Å². The number of allylic oxidation sites excluding steroid dienone is 4. The number of primary amides is 1. The van der Waals surface area contributed by atoms with E-state index < -0.39 is 5.91 Å². The second kappa shape index (κ2) is 12.2. The lowest BCUT2D eigenvalue weighted by atomic mass is 9.95. The molecule has 1 aromatic carbocycles. The van der Waals surface area contributed by atoms with Crippen molar-refractivity contribution in [2.24, 2.45) is 5.73 Å². The maximum absolute atomic E-state index is 11.7. The summed E-state index contributed by atoms with van der Waals surface area (Å²) in [6.45, 7) is 6.82. The van der Waals surface area contributed by atoms with Crippen LogP contribution in [0.3, 0.4) is 0 Å². The summed E-state index contributed by atoms with van der Waals surface area (Å²) in [7, 11) is 3.13. The number of benzene rings is 1. The van der Waals surface area contributed by atoms with E-state index in [1.54, 1.807) is 38.3 Å². The van der Waals surface area contributed by atoms with E-state index in [1.807, 2.05) is 13.8 Å². The molecule has 0 fully saturated rings. The van der Waals surface area contributed by atoms with Crippen LogP contribution in [0.15, 0.2) is 41.2 Å². The Balaban J connectivity index is 3.42. The average Bonchev–Trinajstić information content (AvgIpc) is 2.70. The molecule has 0 aliphatic heterocycles. The van der Waals surface area contributed by atoms with Crippen molar-refractivity contribution in [3.05, 3.63) is 51.8 Å². The molecule has 6 nitrogen and oxygen atoms in total. The molecule has 0 spiro atoms. The van der Waals surface area contributed by atoms with Gasteiger partial charge in [-0.25, -0.2) is 0 Å². The van der Waals surface area contributed by atoms with E-state index in [2.05, 4.69) is 0 Å². The summed E-state index contributed by atoms with van der Waals surface area (Å²) < 4.78 is 16.2. The van der Waals surface area contributed by atoms with E-state index in [0.717, 1.165) is 29.6 Å². The Kier molecular flexibility index (Phi) is 10.3. The predicted molar refractivity (Wildman–Crippen MR) is 119 cm³/mol. The zero-order valence-electron chi connectivity index (χ0n) is 17.8. The highest BCUT2D eigenvalue weighted by Gasteiger charge is 2.16. The first-order chi connectivity index (χ1) is 13.8. The van der Waals surface area contributed by atoms with E-state index in [-0.39, 0.29) is 5.57 Å². The fourth-order valence-corrected chi connectivity index (χ4v) is 2.92. The molecule has 0 aliphatic carbocycles. The molecule has 160 valence electrons. The summed E-state index contributed by atoms with van der Waals surface area (Å²) in [5.41, 5.74) is 15.2. The number of anilines is 1. The smallest absolute Gasteiger partial charge is 0.252 e. The number of hydrogen-bond donors (Lipinski definition) is 2. The minimum atomic E-state index is -0.570. The molecule has 0 atom stereocenters. The number of nitrogens with two attached hydrogens (primary N) is 2. The Morgan fingerprint density at radius 2 is 1.93 bits per heavy atom.